The summed E-state index contributed by atoms with van der Waals surface area (Å²) < 4.78 is 1.94. The van der Waals surface area contributed by atoms with Gasteiger partial charge in [0.2, 0.25) is 11.9 Å². The van der Waals surface area contributed by atoms with E-state index in [1.807, 2.05) is 13.8 Å². The van der Waals surface area contributed by atoms with E-state index in [9.17, 15) is 9.59 Å². The Morgan fingerprint density at radius 2 is 2.08 bits per heavy atom. The van der Waals surface area contributed by atoms with Crippen LogP contribution in [-0.4, -0.2) is 25.7 Å². The molecule has 1 saturated carbocycles. The van der Waals surface area contributed by atoms with Gasteiger partial charge in [0, 0.05) is 22.7 Å². The van der Waals surface area contributed by atoms with E-state index in [1.54, 1.807) is 29.8 Å². The van der Waals surface area contributed by atoms with E-state index in [0.717, 1.165) is 11.1 Å². The molecule has 3 aromatic rings. The number of carbonyl (C=O) groups excluding carboxylic acids is 1. The Bertz CT molecular complexity index is 1020. The van der Waals surface area contributed by atoms with Gasteiger partial charge in [-0.1, -0.05) is 13.8 Å². The van der Waals surface area contributed by atoms with E-state index < -0.39 is 0 Å². The highest BCUT2D eigenvalue weighted by molar-refractivity contribution is 7.19. The van der Waals surface area contributed by atoms with E-state index in [-0.39, 0.29) is 29.9 Å². The van der Waals surface area contributed by atoms with Gasteiger partial charge >= 0.3 is 0 Å². The normalized spacial score (nSPS) is 14.1. The van der Waals surface area contributed by atoms with Crippen LogP contribution in [0.3, 0.4) is 0 Å². The van der Waals surface area contributed by atoms with Crippen molar-refractivity contribution in [2.45, 2.75) is 45.1 Å². The van der Waals surface area contributed by atoms with Crippen LogP contribution < -0.4 is 10.9 Å². The number of anilines is 1. The van der Waals surface area contributed by atoms with Crippen LogP contribution in [0.4, 0.5) is 5.95 Å². The SMILES string of the molecule is CC(C)c1nn(CC(=O)Nc2ncccn2)c(=O)c2sc(C3CC3)cc12. The number of fused-ring (bicyclic) bond motifs is 1. The van der Waals surface area contributed by atoms with Crippen molar-refractivity contribution in [3.63, 3.8) is 0 Å². The first kappa shape index (κ1) is 16.8. The first-order chi connectivity index (χ1) is 12.5. The highest BCUT2D eigenvalue weighted by atomic mass is 32.1. The number of hydrogen-bond donors (Lipinski definition) is 1. The van der Waals surface area contributed by atoms with Gasteiger partial charge < -0.3 is 0 Å². The average Bonchev–Trinajstić information content (AvgIpc) is 3.37. The van der Waals surface area contributed by atoms with Gasteiger partial charge in [0.25, 0.3) is 5.56 Å². The summed E-state index contributed by atoms with van der Waals surface area (Å²) in [6.45, 7) is 3.93. The lowest BCUT2D eigenvalue weighted by atomic mass is 10.1. The highest BCUT2D eigenvalue weighted by Crippen LogP contribution is 2.45. The molecule has 7 nitrogen and oxygen atoms in total. The van der Waals surface area contributed by atoms with Crippen LogP contribution in [0.5, 0.6) is 0 Å². The predicted molar refractivity (Wildman–Crippen MR) is 101 cm³/mol. The molecule has 8 heteroatoms. The Morgan fingerprint density at radius 1 is 1.35 bits per heavy atom. The van der Waals surface area contributed by atoms with Gasteiger partial charge in [0.1, 0.15) is 11.2 Å². The van der Waals surface area contributed by atoms with Crippen LogP contribution in [0, 0.1) is 0 Å². The molecule has 0 aromatic carbocycles. The van der Waals surface area contributed by atoms with Gasteiger partial charge in [-0.15, -0.1) is 11.3 Å². The quantitative estimate of drug-likeness (QED) is 0.747. The second kappa shape index (κ2) is 6.60. The van der Waals surface area contributed by atoms with E-state index >= 15 is 0 Å². The number of aromatic nitrogens is 4. The fourth-order valence-electron chi connectivity index (χ4n) is 2.87. The van der Waals surface area contributed by atoms with Gasteiger partial charge in [-0.3, -0.25) is 14.9 Å². The van der Waals surface area contributed by atoms with Crippen LogP contribution in [0.1, 0.15) is 49.1 Å². The Hall–Kier alpha value is -2.61. The highest BCUT2D eigenvalue weighted by Gasteiger charge is 2.27. The minimum atomic E-state index is -0.376. The van der Waals surface area contributed by atoms with Crippen molar-refractivity contribution >= 4 is 33.3 Å². The molecule has 4 rings (SSSR count). The van der Waals surface area contributed by atoms with Crippen molar-refractivity contribution in [3.05, 3.63) is 45.5 Å². The second-order valence-corrected chi connectivity index (χ2v) is 7.87. The zero-order chi connectivity index (χ0) is 18.3. The lowest BCUT2D eigenvalue weighted by Crippen LogP contribution is -2.30. The summed E-state index contributed by atoms with van der Waals surface area (Å²) in [6.07, 6.45) is 5.46. The smallest absolute Gasteiger partial charge is 0.285 e. The summed E-state index contributed by atoms with van der Waals surface area (Å²) in [5, 5.41) is 8.00. The minimum Gasteiger partial charge on any atom is -0.293 e. The molecule has 3 heterocycles. The van der Waals surface area contributed by atoms with Crippen LogP contribution in [0.2, 0.25) is 0 Å². The molecule has 0 atom stereocenters. The molecule has 0 aliphatic heterocycles. The summed E-state index contributed by atoms with van der Waals surface area (Å²) in [5.41, 5.74) is 0.636. The standard InChI is InChI=1S/C18H19N5O2S/c1-10(2)15-12-8-13(11-4-5-11)26-16(12)17(25)23(22-15)9-14(24)21-18-19-6-3-7-20-18/h3,6-8,10-11H,4-5,9H2,1-2H3,(H,19,20,21,24). The summed E-state index contributed by atoms with van der Waals surface area (Å²) in [7, 11) is 0. The van der Waals surface area contributed by atoms with Crippen LogP contribution in [-0.2, 0) is 11.3 Å². The Balaban J connectivity index is 1.69. The summed E-state index contributed by atoms with van der Waals surface area (Å²) >= 11 is 1.54. The number of nitrogens with zero attached hydrogens (tertiary/aromatic N) is 4. The lowest BCUT2D eigenvalue weighted by molar-refractivity contribution is -0.117. The topological polar surface area (TPSA) is 89.8 Å². The molecule has 1 fully saturated rings. The molecule has 3 aromatic heterocycles. The van der Waals surface area contributed by atoms with E-state index in [2.05, 4.69) is 26.4 Å². The van der Waals surface area contributed by atoms with Crippen molar-refractivity contribution in [2.24, 2.45) is 0 Å². The molecule has 0 radical (unpaired) electrons. The van der Waals surface area contributed by atoms with Crippen LogP contribution >= 0.6 is 11.3 Å². The molecule has 0 saturated heterocycles. The number of thiophene rings is 1. The minimum absolute atomic E-state index is 0.159. The van der Waals surface area contributed by atoms with Crippen molar-refractivity contribution in [3.8, 4) is 0 Å². The van der Waals surface area contributed by atoms with Crippen LogP contribution in [0.15, 0.2) is 29.3 Å². The molecule has 134 valence electrons. The summed E-state index contributed by atoms with van der Waals surface area (Å²) in [4.78, 5) is 34.3. The summed E-state index contributed by atoms with van der Waals surface area (Å²) in [5.74, 6) is 0.576. The average molecular weight is 369 g/mol. The zero-order valence-electron chi connectivity index (χ0n) is 14.6. The molecule has 0 spiro atoms. The van der Waals surface area contributed by atoms with Gasteiger partial charge in [-0.05, 0) is 36.8 Å². The third-order valence-corrected chi connectivity index (χ3v) is 5.61. The molecule has 26 heavy (non-hydrogen) atoms. The van der Waals surface area contributed by atoms with Gasteiger partial charge in [-0.2, -0.15) is 5.10 Å². The van der Waals surface area contributed by atoms with E-state index in [4.69, 9.17) is 0 Å². The Labute approximate surface area is 154 Å². The number of rotatable bonds is 5. The Morgan fingerprint density at radius 3 is 2.73 bits per heavy atom. The van der Waals surface area contributed by atoms with Gasteiger partial charge in [-0.25, -0.2) is 14.6 Å². The largest absolute Gasteiger partial charge is 0.293 e. The third kappa shape index (κ3) is 3.24. The van der Waals surface area contributed by atoms with Gasteiger partial charge in [0.15, 0.2) is 0 Å². The fraction of sp³-hybridized carbons (Fsp3) is 0.389. The predicted octanol–water partition coefficient (Wildman–Crippen LogP) is 2.89. The van der Waals surface area contributed by atoms with Crippen molar-refractivity contribution in [2.75, 3.05) is 5.32 Å². The summed E-state index contributed by atoms with van der Waals surface area (Å²) in [6, 6.07) is 3.78. The zero-order valence-corrected chi connectivity index (χ0v) is 15.4. The maximum Gasteiger partial charge on any atom is 0.285 e. The molecule has 0 bridgehead atoms. The van der Waals surface area contributed by atoms with E-state index in [0.29, 0.717) is 10.6 Å². The second-order valence-electron chi connectivity index (χ2n) is 6.79. The van der Waals surface area contributed by atoms with Crippen molar-refractivity contribution in [1.29, 1.82) is 0 Å². The van der Waals surface area contributed by atoms with Gasteiger partial charge in [0.05, 0.1) is 5.69 Å². The number of amides is 1. The molecule has 1 aliphatic carbocycles. The van der Waals surface area contributed by atoms with Crippen molar-refractivity contribution in [1.82, 2.24) is 19.7 Å². The molecule has 1 N–H and O–H groups in total. The number of carbonyl (C=O) groups is 1. The first-order valence-electron chi connectivity index (χ1n) is 8.64. The lowest BCUT2D eigenvalue weighted by Gasteiger charge is -2.11. The maximum atomic E-state index is 12.8. The number of hydrogen-bond acceptors (Lipinski definition) is 6. The molecule has 1 amide bonds. The van der Waals surface area contributed by atoms with E-state index in [1.165, 1.54) is 22.4 Å². The third-order valence-electron chi connectivity index (χ3n) is 4.32. The number of nitrogens with one attached hydrogen (secondary N) is 1. The Kier molecular flexibility index (Phi) is 4.28. The van der Waals surface area contributed by atoms with Crippen molar-refractivity contribution < 1.29 is 4.79 Å². The molecular formula is C18H19N5O2S. The first-order valence-corrected chi connectivity index (χ1v) is 9.46. The van der Waals surface area contributed by atoms with Crippen LogP contribution in [0.25, 0.3) is 10.1 Å². The molecule has 1 aliphatic rings. The maximum absolute atomic E-state index is 12.8. The molecule has 0 unspecified atom stereocenters. The monoisotopic (exact) mass is 369 g/mol. The molecular weight excluding hydrogens is 350 g/mol. The fourth-order valence-corrected chi connectivity index (χ4v) is 4.15.